The maximum Gasteiger partial charge on any atom is 0.132 e. The molecule has 1 aliphatic carbocycles. The van der Waals surface area contributed by atoms with E-state index < -0.39 is 0 Å². The lowest BCUT2D eigenvalue weighted by Crippen LogP contribution is -2.24. The molecule has 1 saturated carbocycles. The van der Waals surface area contributed by atoms with Gasteiger partial charge in [0.05, 0.1) is 7.11 Å². The van der Waals surface area contributed by atoms with Crippen LogP contribution in [0, 0.1) is 0 Å². The van der Waals surface area contributed by atoms with Crippen molar-refractivity contribution >= 4 is 11.8 Å². The fraction of sp³-hybridized carbons (Fsp3) is 0.500. The minimum atomic E-state index is 0.0753. The SMILES string of the molecule is COc1cc(CC2(N)CC2)ccc1SC. The van der Waals surface area contributed by atoms with E-state index in [1.807, 2.05) is 0 Å². The van der Waals surface area contributed by atoms with Gasteiger partial charge < -0.3 is 10.5 Å². The summed E-state index contributed by atoms with van der Waals surface area (Å²) >= 11 is 1.71. The second-order valence-electron chi connectivity index (χ2n) is 4.23. The molecule has 15 heavy (non-hydrogen) atoms. The monoisotopic (exact) mass is 223 g/mol. The number of ether oxygens (including phenoxy) is 1. The average molecular weight is 223 g/mol. The fourth-order valence-corrected chi connectivity index (χ4v) is 2.28. The quantitative estimate of drug-likeness (QED) is 0.796. The Bertz CT molecular complexity index is 361. The van der Waals surface area contributed by atoms with Crippen molar-refractivity contribution in [3.63, 3.8) is 0 Å². The van der Waals surface area contributed by atoms with Gasteiger partial charge in [0.15, 0.2) is 0 Å². The lowest BCUT2D eigenvalue weighted by atomic mass is 10.0. The molecule has 0 heterocycles. The Hall–Kier alpha value is -0.670. The molecule has 1 aromatic rings. The van der Waals surface area contributed by atoms with E-state index in [9.17, 15) is 0 Å². The second kappa shape index (κ2) is 4.06. The summed E-state index contributed by atoms with van der Waals surface area (Å²) in [5.74, 6) is 0.962. The molecular formula is C12H17NOS. The van der Waals surface area contributed by atoms with E-state index in [1.165, 1.54) is 10.5 Å². The van der Waals surface area contributed by atoms with Crippen LogP contribution in [0.25, 0.3) is 0 Å². The molecule has 2 N–H and O–H groups in total. The molecule has 0 saturated heterocycles. The van der Waals surface area contributed by atoms with Crippen LogP contribution in [0.2, 0.25) is 0 Å². The van der Waals surface area contributed by atoms with Crippen molar-refractivity contribution < 1.29 is 4.74 Å². The first-order valence-corrected chi connectivity index (χ1v) is 6.39. The lowest BCUT2D eigenvalue weighted by Gasteiger charge is -2.11. The van der Waals surface area contributed by atoms with Crippen molar-refractivity contribution in [3.8, 4) is 5.75 Å². The van der Waals surface area contributed by atoms with E-state index in [2.05, 4.69) is 24.5 Å². The zero-order valence-electron chi connectivity index (χ0n) is 9.25. The normalized spacial score (nSPS) is 17.5. The Morgan fingerprint density at radius 1 is 1.47 bits per heavy atom. The third kappa shape index (κ3) is 2.47. The predicted molar refractivity (Wildman–Crippen MR) is 64.6 cm³/mol. The molecule has 82 valence electrons. The Balaban J connectivity index is 2.18. The fourth-order valence-electron chi connectivity index (χ4n) is 1.73. The number of methoxy groups -OCH3 is 1. The van der Waals surface area contributed by atoms with Gasteiger partial charge in [-0.3, -0.25) is 0 Å². The van der Waals surface area contributed by atoms with Crippen molar-refractivity contribution in [1.82, 2.24) is 0 Å². The minimum absolute atomic E-state index is 0.0753. The summed E-state index contributed by atoms with van der Waals surface area (Å²) in [6.07, 6.45) is 5.33. The molecule has 1 aromatic carbocycles. The Labute approximate surface area is 95.2 Å². The van der Waals surface area contributed by atoms with E-state index in [4.69, 9.17) is 10.5 Å². The molecule has 1 fully saturated rings. The summed E-state index contributed by atoms with van der Waals surface area (Å²) in [4.78, 5) is 1.18. The van der Waals surface area contributed by atoms with Crippen LogP contribution in [0.5, 0.6) is 5.75 Å². The van der Waals surface area contributed by atoms with Crippen LogP contribution in [0.3, 0.4) is 0 Å². The van der Waals surface area contributed by atoms with Gasteiger partial charge in [0.2, 0.25) is 0 Å². The van der Waals surface area contributed by atoms with Crippen LogP contribution < -0.4 is 10.5 Å². The third-order valence-corrected chi connectivity index (χ3v) is 3.67. The van der Waals surface area contributed by atoms with Gasteiger partial charge in [-0.1, -0.05) is 6.07 Å². The molecule has 0 radical (unpaired) electrons. The molecule has 3 heteroatoms. The van der Waals surface area contributed by atoms with E-state index >= 15 is 0 Å². The summed E-state index contributed by atoms with van der Waals surface area (Å²) in [6, 6.07) is 6.38. The highest BCUT2D eigenvalue weighted by Crippen LogP contribution is 2.37. The Morgan fingerprint density at radius 2 is 2.20 bits per heavy atom. The summed E-state index contributed by atoms with van der Waals surface area (Å²) in [5.41, 5.74) is 7.45. The van der Waals surface area contributed by atoms with Crippen LogP contribution in [0.4, 0.5) is 0 Å². The number of nitrogens with two attached hydrogens (primary N) is 1. The molecule has 0 aliphatic heterocycles. The van der Waals surface area contributed by atoms with Gasteiger partial charge in [-0.15, -0.1) is 11.8 Å². The van der Waals surface area contributed by atoms with Gasteiger partial charge in [0.1, 0.15) is 5.75 Å². The lowest BCUT2D eigenvalue weighted by molar-refractivity contribution is 0.404. The van der Waals surface area contributed by atoms with Gasteiger partial charge in [-0.25, -0.2) is 0 Å². The molecule has 0 unspecified atom stereocenters. The van der Waals surface area contributed by atoms with Crippen LogP contribution >= 0.6 is 11.8 Å². The Kier molecular flexibility index (Phi) is 2.94. The van der Waals surface area contributed by atoms with Crippen LogP contribution in [-0.2, 0) is 6.42 Å². The molecule has 0 atom stereocenters. The van der Waals surface area contributed by atoms with E-state index in [0.717, 1.165) is 25.0 Å². The largest absolute Gasteiger partial charge is 0.496 e. The van der Waals surface area contributed by atoms with E-state index in [1.54, 1.807) is 18.9 Å². The van der Waals surface area contributed by atoms with Gasteiger partial charge >= 0.3 is 0 Å². The highest BCUT2D eigenvalue weighted by molar-refractivity contribution is 7.98. The van der Waals surface area contributed by atoms with Crippen molar-refractivity contribution in [3.05, 3.63) is 23.8 Å². The minimum Gasteiger partial charge on any atom is -0.496 e. The van der Waals surface area contributed by atoms with Crippen molar-refractivity contribution in [2.45, 2.75) is 29.7 Å². The smallest absolute Gasteiger partial charge is 0.132 e. The van der Waals surface area contributed by atoms with Crippen LogP contribution in [0.1, 0.15) is 18.4 Å². The zero-order valence-corrected chi connectivity index (χ0v) is 10.1. The van der Waals surface area contributed by atoms with Gasteiger partial charge in [0.25, 0.3) is 0 Å². The highest BCUT2D eigenvalue weighted by atomic mass is 32.2. The van der Waals surface area contributed by atoms with Crippen molar-refractivity contribution in [2.75, 3.05) is 13.4 Å². The summed E-state index contributed by atoms with van der Waals surface area (Å²) in [5, 5.41) is 0. The van der Waals surface area contributed by atoms with Crippen molar-refractivity contribution in [1.29, 1.82) is 0 Å². The summed E-state index contributed by atoms with van der Waals surface area (Å²) < 4.78 is 5.35. The predicted octanol–water partition coefficient (Wildman–Crippen LogP) is 2.45. The molecule has 2 rings (SSSR count). The summed E-state index contributed by atoms with van der Waals surface area (Å²) in [7, 11) is 1.72. The molecule has 0 amide bonds. The van der Waals surface area contributed by atoms with Crippen LogP contribution in [0.15, 0.2) is 23.1 Å². The maximum atomic E-state index is 6.09. The van der Waals surface area contributed by atoms with Crippen LogP contribution in [-0.4, -0.2) is 18.9 Å². The number of hydrogen-bond donors (Lipinski definition) is 1. The first-order valence-electron chi connectivity index (χ1n) is 5.17. The number of thioether (sulfide) groups is 1. The zero-order chi connectivity index (χ0) is 10.9. The highest BCUT2D eigenvalue weighted by Gasteiger charge is 2.37. The Morgan fingerprint density at radius 3 is 2.73 bits per heavy atom. The van der Waals surface area contributed by atoms with Gasteiger partial charge in [-0.2, -0.15) is 0 Å². The second-order valence-corrected chi connectivity index (χ2v) is 5.08. The van der Waals surface area contributed by atoms with Crippen molar-refractivity contribution in [2.24, 2.45) is 5.73 Å². The first-order chi connectivity index (χ1) is 7.17. The molecule has 0 bridgehead atoms. The molecule has 2 nitrogen and oxygen atoms in total. The maximum absolute atomic E-state index is 6.09. The third-order valence-electron chi connectivity index (χ3n) is 2.90. The number of rotatable bonds is 4. The molecule has 0 spiro atoms. The first kappa shape index (κ1) is 10.8. The van der Waals surface area contributed by atoms with Gasteiger partial charge in [-0.05, 0) is 43.2 Å². The number of benzene rings is 1. The summed E-state index contributed by atoms with van der Waals surface area (Å²) in [6.45, 7) is 0. The van der Waals surface area contributed by atoms with E-state index in [-0.39, 0.29) is 5.54 Å². The molecular weight excluding hydrogens is 206 g/mol. The average Bonchev–Trinajstić information content (AvgIpc) is 2.96. The topological polar surface area (TPSA) is 35.2 Å². The molecule has 1 aliphatic rings. The van der Waals surface area contributed by atoms with E-state index in [0.29, 0.717) is 0 Å². The standard InChI is InChI=1S/C12H17NOS/c1-14-10-7-9(3-4-11(10)15-2)8-12(13)5-6-12/h3-4,7H,5-6,8,13H2,1-2H3. The molecule has 0 aromatic heterocycles. The van der Waals surface area contributed by atoms with Gasteiger partial charge in [0, 0.05) is 10.4 Å². The number of hydrogen-bond acceptors (Lipinski definition) is 3.